The molecule has 5 nitrogen and oxygen atoms in total. The predicted octanol–water partition coefficient (Wildman–Crippen LogP) is 3.05. The fourth-order valence-corrected chi connectivity index (χ4v) is 3.49. The van der Waals surface area contributed by atoms with E-state index in [4.69, 9.17) is 9.26 Å². The number of hydrogen-bond acceptors (Lipinski definition) is 5. The number of ether oxygens (including phenoxy) is 1. The molecule has 1 saturated heterocycles. The summed E-state index contributed by atoms with van der Waals surface area (Å²) in [6.07, 6.45) is 4.85. The number of nitrogens with one attached hydrogen (secondary N) is 1. The van der Waals surface area contributed by atoms with Crippen LogP contribution in [0.3, 0.4) is 0 Å². The van der Waals surface area contributed by atoms with Crippen LogP contribution >= 0.6 is 0 Å². The first-order valence-electron chi connectivity index (χ1n) is 8.18. The third-order valence-electron chi connectivity index (χ3n) is 4.99. The average Bonchev–Trinajstić information content (AvgIpc) is 2.97. The van der Waals surface area contributed by atoms with E-state index in [0.717, 1.165) is 43.6 Å². The summed E-state index contributed by atoms with van der Waals surface area (Å²) in [7, 11) is 0. The van der Waals surface area contributed by atoms with Gasteiger partial charge < -0.3 is 14.6 Å². The van der Waals surface area contributed by atoms with Gasteiger partial charge in [-0.15, -0.1) is 0 Å². The Balaban J connectivity index is 1.60. The number of morpholine rings is 1. The molecule has 2 fully saturated rings. The summed E-state index contributed by atoms with van der Waals surface area (Å²) >= 11 is 0. The van der Waals surface area contributed by atoms with Crippen LogP contribution in [0.2, 0.25) is 0 Å². The maximum absolute atomic E-state index is 5.52. The Morgan fingerprint density at radius 1 is 1.14 bits per heavy atom. The van der Waals surface area contributed by atoms with Crippen LogP contribution in [0.25, 0.3) is 0 Å². The quantitative estimate of drug-likeness (QED) is 0.908. The maximum Gasteiger partial charge on any atom is 0.229 e. The van der Waals surface area contributed by atoms with Crippen molar-refractivity contribution in [3.8, 4) is 0 Å². The van der Waals surface area contributed by atoms with Gasteiger partial charge in [-0.3, -0.25) is 0 Å². The zero-order valence-electron chi connectivity index (χ0n) is 13.4. The van der Waals surface area contributed by atoms with E-state index in [2.05, 4.69) is 36.2 Å². The van der Waals surface area contributed by atoms with Crippen LogP contribution in [0.15, 0.2) is 4.52 Å². The molecule has 1 aliphatic carbocycles. The Bertz CT molecular complexity index is 452. The van der Waals surface area contributed by atoms with Crippen LogP contribution in [0.5, 0.6) is 0 Å². The summed E-state index contributed by atoms with van der Waals surface area (Å²) in [5.41, 5.74) is 0.411. The second-order valence-corrected chi connectivity index (χ2v) is 7.49. The average molecular weight is 293 g/mol. The summed E-state index contributed by atoms with van der Waals surface area (Å²) in [6, 6.07) is 0.0853. The lowest BCUT2D eigenvalue weighted by molar-refractivity contribution is 0.0734. The number of aromatic nitrogens is 2. The van der Waals surface area contributed by atoms with E-state index in [-0.39, 0.29) is 6.04 Å². The monoisotopic (exact) mass is 293 g/mol. The standard InChI is InChI=1S/C16H27N3O2/c1-16(2,3)12-6-4-11(5-7-12)15-18-14(19-21-15)13-10-20-9-8-17-13/h11-13,17H,4-10H2,1-3H3. The number of rotatable bonds is 2. The molecule has 1 unspecified atom stereocenters. The van der Waals surface area contributed by atoms with Crippen molar-refractivity contribution < 1.29 is 9.26 Å². The topological polar surface area (TPSA) is 60.2 Å². The molecule has 21 heavy (non-hydrogen) atoms. The van der Waals surface area contributed by atoms with E-state index in [1.54, 1.807) is 0 Å². The fourth-order valence-electron chi connectivity index (χ4n) is 3.49. The smallest absolute Gasteiger partial charge is 0.229 e. The van der Waals surface area contributed by atoms with Crippen LogP contribution in [-0.2, 0) is 4.74 Å². The van der Waals surface area contributed by atoms with Crippen LogP contribution in [-0.4, -0.2) is 29.9 Å². The minimum Gasteiger partial charge on any atom is -0.378 e. The summed E-state index contributed by atoms with van der Waals surface area (Å²) in [6.45, 7) is 9.28. The van der Waals surface area contributed by atoms with Crippen molar-refractivity contribution in [2.75, 3.05) is 19.8 Å². The van der Waals surface area contributed by atoms with E-state index < -0.39 is 0 Å². The van der Waals surface area contributed by atoms with E-state index in [0.29, 0.717) is 17.9 Å². The van der Waals surface area contributed by atoms with Gasteiger partial charge in [0.1, 0.15) is 0 Å². The molecular formula is C16H27N3O2. The molecule has 3 rings (SSSR count). The Kier molecular flexibility index (Phi) is 4.31. The van der Waals surface area contributed by atoms with Gasteiger partial charge in [-0.05, 0) is 37.0 Å². The molecule has 1 aromatic rings. The summed E-state index contributed by atoms with van der Waals surface area (Å²) in [5, 5.41) is 7.52. The summed E-state index contributed by atoms with van der Waals surface area (Å²) in [4.78, 5) is 4.62. The van der Waals surface area contributed by atoms with E-state index >= 15 is 0 Å². The van der Waals surface area contributed by atoms with Crippen molar-refractivity contribution in [3.63, 3.8) is 0 Å². The molecule has 1 saturated carbocycles. The molecule has 2 heterocycles. The molecular weight excluding hydrogens is 266 g/mol. The van der Waals surface area contributed by atoms with Crippen molar-refractivity contribution in [1.82, 2.24) is 15.5 Å². The van der Waals surface area contributed by atoms with Crippen LogP contribution in [0, 0.1) is 11.3 Å². The van der Waals surface area contributed by atoms with E-state index in [1.165, 1.54) is 12.8 Å². The third kappa shape index (κ3) is 3.46. The van der Waals surface area contributed by atoms with Crippen molar-refractivity contribution >= 4 is 0 Å². The lowest BCUT2D eigenvalue weighted by Crippen LogP contribution is -2.35. The molecule has 1 aliphatic heterocycles. The second kappa shape index (κ2) is 6.05. The highest BCUT2D eigenvalue weighted by Gasteiger charge is 2.33. The molecule has 0 aromatic carbocycles. The van der Waals surface area contributed by atoms with Gasteiger partial charge in [0.2, 0.25) is 5.89 Å². The SMILES string of the molecule is CC(C)(C)C1CCC(c2nc(C3COCCN3)no2)CC1. The normalized spacial score (nSPS) is 31.3. The van der Waals surface area contributed by atoms with Gasteiger partial charge in [0.05, 0.1) is 19.3 Å². The zero-order chi connectivity index (χ0) is 14.9. The highest BCUT2D eigenvalue weighted by molar-refractivity contribution is 5.01. The molecule has 5 heteroatoms. The fraction of sp³-hybridized carbons (Fsp3) is 0.875. The first-order valence-corrected chi connectivity index (χ1v) is 8.18. The summed E-state index contributed by atoms with van der Waals surface area (Å²) < 4.78 is 11.0. The molecule has 118 valence electrons. The maximum atomic E-state index is 5.52. The molecule has 0 radical (unpaired) electrons. The molecule has 0 bridgehead atoms. The molecule has 1 N–H and O–H groups in total. The highest BCUT2D eigenvalue weighted by atomic mass is 16.5. The number of nitrogens with zero attached hydrogens (tertiary/aromatic N) is 2. The Morgan fingerprint density at radius 3 is 2.52 bits per heavy atom. The second-order valence-electron chi connectivity index (χ2n) is 7.49. The zero-order valence-corrected chi connectivity index (χ0v) is 13.4. The van der Waals surface area contributed by atoms with Crippen molar-refractivity contribution in [3.05, 3.63) is 11.7 Å². The van der Waals surface area contributed by atoms with Gasteiger partial charge in [0.25, 0.3) is 0 Å². The van der Waals surface area contributed by atoms with Crippen LogP contribution in [0.4, 0.5) is 0 Å². The predicted molar refractivity (Wildman–Crippen MR) is 80.0 cm³/mol. The van der Waals surface area contributed by atoms with Gasteiger partial charge >= 0.3 is 0 Å². The molecule has 0 amide bonds. The van der Waals surface area contributed by atoms with Gasteiger partial charge in [-0.1, -0.05) is 25.9 Å². The molecule has 1 atom stereocenters. The van der Waals surface area contributed by atoms with E-state index in [1.807, 2.05) is 0 Å². The minimum atomic E-state index is 0.0853. The van der Waals surface area contributed by atoms with E-state index in [9.17, 15) is 0 Å². The van der Waals surface area contributed by atoms with Gasteiger partial charge in [-0.25, -0.2) is 0 Å². The molecule has 2 aliphatic rings. The third-order valence-corrected chi connectivity index (χ3v) is 4.99. The highest BCUT2D eigenvalue weighted by Crippen LogP contribution is 2.42. The van der Waals surface area contributed by atoms with Crippen LogP contribution < -0.4 is 5.32 Å². The van der Waals surface area contributed by atoms with Crippen molar-refractivity contribution in [2.45, 2.75) is 58.4 Å². The number of hydrogen-bond donors (Lipinski definition) is 1. The Hall–Kier alpha value is -0.940. The first kappa shape index (κ1) is 15.0. The molecule has 0 spiro atoms. The van der Waals surface area contributed by atoms with Gasteiger partial charge in [0, 0.05) is 12.5 Å². The molecule has 1 aromatic heterocycles. The minimum absolute atomic E-state index is 0.0853. The Labute approximate surface area is 126 Å². The Morgan fingerprint density at radius 2 is 1.90 bits per heavy atom. The van der Waals surface area contributed by atoms with Crippen molar-refractivity contribution in [2.24, 2.45) is 11.3 Å². The first-order chi connectivity index (χ1) is 10.0. The van der Waals surface area contributed by atoms with Gasteiger partial charge in [-0.2, -0.15) is 4.98 Å². The van der Waals surface area contributed by atoms with Crippen LogP contribution in [0.1, 0.15) is 70.1 Å². The lowest BCUT2D eigenvalue weighted by atomic mass is 9.70. The van der Waals surface area contributed by atoms with Crippen molar-refractivity contribution in [1.29, 1.82) is 0 Å². The van der Waals surface area contributed by atoms with Gasteiger partial charge in [0.15, 0.2) is 5.82 Å². The lowest BCUT2D eigenvalue weighted by Gasteiger charge is -2.35. The largest absolute Gasteiger partial charge is 0.378 e. The summed E-state index contributed by atoms with van der Waals surface area (Å²) in [5.74, 6) is 2.83.